The summed E-state index contributed by atoms with van der Waals surface area (Å²) in [5, 5.41) is 24.5. The van der Waals surface area contributed by atoms with Gasteiger partial charge in [0.1, 0.15) is 30.0 Å². The first-order valence-corrected chi connectivity index (χ1v) is 14.1. The van der Waals surface area contributed by atoms with E-state index in [-0.39, 0.29) is 36.5 Å². The fraction of sp³-hybridized carbons (Fsp3) is 0.414. The Balaban J connectivity index is 1.39. The lowest BCUT2D eigenvalue weighted by molar-refractivity contribution is -0.141. The van der Waals surface area contributed by atoms with Crippen LogP contribution in [-0.4, -0.2) is 94.3 Å². The molecule has 0 spiro atoms. The number of esters is 1. The number of methoxy groups -OCH3 is 1. The molecule has 0 saturated heterocycles. The summed E-state index contributed by atoms with van der Waals surface area (Å²) in [6, 6.07) is 0. The number of hydrogen-bond acceptors (Lipinski definition) is 14. The summed E-state index contributed by atoms with van der Waals surface area (Å²) in [5.41, 5.74) is 6.81. The van der Waals surface area contributed by atoms with E-state index in [1.165, 1.54) is 7.11 Å². The number of aliphatic hydroxyl groups is 2. The van der Waals surface area contributed by atoms with Crippen LogP contribution in [0.4, 0.5) is 0 Å². The van der Waals surface area contributed by atoms with Crippen LogP contribution in [0.15, 0.2) is 45.3 Å². The first kappa shape index (κ1) is 29.2. The van der Waals surface area contributed by atoms with Crippen molar-refractivity contribution in [3.8, 4) is 17.2 Å². The molecule has 44 heavy (non-hydrogen) atoms. The molecule has 0 radical (unpaired) electrons. The van der Waals surface area contributed by atoms with Crippen molar-refractivity contribution in [3.63, 3.8) is 0 Å². The number of amidine groups is 1. The number of aliphatic imine (C=N–C) groups is 3. The van der Waals surface area contributed by atoms with Gasteiger partial charge in [0.15, 0.2) is 17.8 Å². The van der Waals surface area contributed by atoms with Crippen LogP contribution < -0.4 is 25.3 Å². The number of hydrogen-bond donors (Lipinski definition) is 4. The molecule has 15 nitrogen and oxygen atoms in total. The van der Waals surface area contributed by atoms with Crippen molar-refractivity contribution in [1.29, 1.82) is 0 Å². The molecule has 232 valence electrons. The molecule has 1 aromatic carbocycles. The van der Waals surface area contributed by atoms with Gasteiger partial charge in [-0.3, -0.25) is 14.7 Å². The highest BCUT2D eigenvalue weighted by Gasteiger charge is 2.42. The van der Waals surface area contributed by atoms with E-state index in [9.17, 15) is 19.8 Å². The standard InChI is InChI=1S/C29H33N7O8/c1-5-42-26(39)17-10-14(6-8-35-9-7-31-28(35)36-13-32-20-24(36)33-27(30)34-25(20)38)19-22(41-4)15-11-18(29(2,3)40)44-21(15)16(12-37)23(19)43-17/h6-7,9-10,18,28,31,37,40H,5,8,11-13H2,1-4H3,(H2,30,34,38)/b14-6+/t18-,28?/m0/s1. The van der Waals surface area contributed by atoms with Gasteiger partial charge in [-0.1, -0.05) is 6.08 Å². The molecule has 5 N–H and O–H groups in total. The van der Waals surface area contributed by atoms with Crippen LogP contribution in [-0.2, 0) is 27.4 Å². The highest BCUT2D eigenvalue weighted by molar-refractivity contribution is 6.69. The lowest BCUT2D eigenvalue weighted by atomic mass is 9.90. The average Bonchev–Trinajstić information content (AvgIpc) is 3.72. The summed E-state index contributed by atoms with van der Waals surface area (Å²) >= 11 is 0. The van der Waals surface area contributed by atoms with Crippen LogP contribution in [0, 0.1) is 0 Å². The Bertz CT molecular complexity index is 1620. The maximum atomic E-state index is 12.9. The van der Waals surface area contributed by atoms with Gasteiger partial charge in [0, 0.05) is 30.9 Å². The number of aliphatic hydroxyl groups excluding tert-OH is 1. The van der Waals surface area contributed by atoms with Crippen LogP contribution in [0.5, 0.6) is 17.2 Å². The predicted octanol–water partition coefficient (Wildman–Crippen LogP) is 0.112. The molecule has 5 aliphatic rings. The van der Waals surface area contributed by atoms with E-state index in [1.807, 2.05) is 17.2 Å². The summed E-state index contributed by atoms with van der Waals surface area (Å²) < 4.78 is 23.3. The van der Waals surface area contributed by atoms with Gasteiger partial charge in [-0.25, -0.2) is 4.79 Å². The number of nitrogens with two attached hydrogens (primary N) is 1. The van der Waals surface area contributed by atoms with Gasteiger partial charge < -0.3 is 45.1 Å². The van der Waals surface area contributed by atoms with E-state index in [2.05, 4.69) is 20.3 Å². The Morgan fingerprint density at radius 2 is 2.11 bits per heavy atom. The molecule has 15 heteroatoms. The largest absolute Gasteiger partial charge is 0.496 e. The van der Waals surface area contributed by atoms with Crippen LogP contribution in [0.25, 0.3) is 5.57 Å². The minimum Gasteiger partial charge on any atom is -0.496 e. The van der Waals surface area contributed by atoms with Gasteiger partial charge in [-0.15, -0.1) is 0 Å². The number of carbonyl (C=O) groups is 2. The zero-order chi connectivity index (χ0) is 31.3. The van der Waals surface area contributed by atoms with Crippen molar-refractivity contribution >= 4 is 35.0 Å². The molecular weight excluding hydrogens is 574 g/mol. The number of benzene rings is 1. The molecule has 0 aliphatic carbocycles. The number of allylic oxidation sites excluding steroid dienone is 2. The molecule has 6 rings (SSSR count). The second kappa shape index (κ2) is 11.0. The number of rotatable bonds is 8. The Morgan fingerprint density at radius 1 is 1.32 bits per heavy atom. The first-order chi connectivity index (χ1) is 21.0. The number of amides is 1. The third-order valence-corrected chi connectivity index (χ3v) is 7.76. The number of nitrogens with one attached hydrogen (secondary N) is 1. The minimum absolute atomic E-state index is 0.0756. The second-order valence-corrected chi connectivity index (χ2v) is 11.0. The number of ether oxygens (including phenoxy) is 4. The SMILES string of the molecule is CCOC(=O)C1=C/C(=C\CN2C=CNC2N2CN=C3C(=O)N=C(N)N=C32)c2c(OC)c3c(c(CO)c2O1)O[C@H](C(C)(C)O)C3. The molecule has 1 amide bonds. The lowest BCUT2D eigenvalue weighted by Gasteiger charge is -2.34. The van der Waals surface area contributed by atoms with Crippen molar-refractivity contribution in [2.75, 3.05) is 26.9 Å². The average molecular weight is 608 g/mol. The number of guanidine groups is 1. The van der Waals surface area contributed by atoms with Crippen molar-refractivity contribution in [2.24, 2.45) is 20.7 Å². The van der Waals surface area contributed by atoms with Crippen LogP contribution in [0.2, 0.25) is 0 Å². The Labute approximate surface area is 252 Å². The van der Waals surface area contributed by atoms with E-state index in [4.69, 9.17) is 24.7 Å². The van der Waals surface area contributed by atoms with E-state index >= 15 is 0 Å². The molecule has 0 bridgehead atoms. The molecule has 5 aliphatic heterocycles. The normalized spacial score (nSPS) is 22.7. The lowest BCUT2D eigenvalue weighted by Crippen LogP contribution is -2.53. The van der Waals surface area contributed by atoms with E-state index in [0.29, 0.717) is 52.6 Å². The van der Waals surface area contributed by atoms with Crippen molar-refractivity contribution in [1.82, 2.24) is 15.1 Å². The fourth-order valence-corrected chi connectivity index (χ4v) is 5.66. The zero-order valence-corrected chi connectivity index (χ0v) is 24.7. The Kier molecular flexibility index (Phi) is 7.29. The molecule has 0 fully saturated rings. The predicted molar refractivity (Wildman–Crippen MR) is 158 cm³/mol. The molecule has 2 atom stereocenters. The summed E-state index contributed by atoms with van der Waals surface area (Å²) in [6.07, 6.45) is 6.30. The van der Waals surface area contributed by atoms with Gasteiger partial charge >= 0.3 is 11.9 Å². The number of fused-ring (bicyclic) bond motifs is 3. The summed E-state index contributed by atoms with van der Waals surface area (Å²) in [5.74, 6) is -0.113. The van der Waals surface area contributed by atoms with Crippen molar-refractivity contribution < 1.29 is 38.7 Å². The topological polar surface area (TPSA) is 193 Å². The number of carbonyl (C=O) groups excluding carboxylic acids is 2. The molecule has 0 saturated carbocycles. The van der Waals surface area contributed by atoms with Crippen LogP contribution in [0.3, 0.4) is 0 Å². The molecule has 1 unspecified atom stereocenters. The summed E-state index contributed by atoms with van der Waals surface area (Å²) in [4.78, 5) is 41.1. The Morgan fingerprint density at radius 3 is 2.82 bits per heavy atom. The first-order valence-electron chi connectivity index (χ1n) is 14.1. The smallest absolute Gasteiger partial charge is 0.374 e. The summed E-state index contributed by atoms with van der Waals surface area (Å²) in [7, 11) is 1.52. The number of nitrogens with zero attached hydrogens (tertiary/aromatic N) is 5. The molecular formula is C29H33N7O8. The minimum atomic E-state index is -1.18. The monoisotopic (exact) mass is 607 g/mol. The molecule has 1 aromatic rings. The van der Waals surface area contributed by atoms with Crippen LogP contribution >= 0.6 is 0 Å². The van der Waals surface area contributed by atoms with Gasteiger partial charge in [0.25, 0.3) is 0 Å². The van der Waals surface area contributed by atoms with Gasteiger partial charge in [-0.2, -0.15) is 9.98 Å². The maximum absolute atomic E-state index is 12.9. The Hall–Kier alpha value is -4.89. The summed E-state index contributed by atoms with van der Waals surface area (Å²) in [6.45, 7) is 5.14. The third kappa shape index (κ3) is 4.83. The highest BCUT2D eigenvalue weighted by atomic mass is 16.6. The van der Waals surface area contributed by atoms with Gasteiger partial charge in [0.05, 0.1) is 37.1 Å². The van der Waals surface area contributed by atoms with Crippen molar-refractivity contribution in [2.45, 2.75) is 51.8 Å². The third-order valence-electron chi connectivity index (χ3n) is 7.76. The van der Waals surface area contributed by atoms with E-state index < -0.39 is 36.5 Å². The van der Waals surface area contributed by atoms with Gasteiger partial charge in [0.2, 0.25) is 11.7 Å². The second-order valence-electron chi connectivity index (χ2n) is 11.0. The van der Waals surface area contributed by atoms with E-state index in [1.54, 1.807) is 37.9 Å². The fourth-order valence-electron chi connectivity index (χ4n) is 5.66. The zero-order valence-electron chi connectivity index (χ0n) is 24.7. The highest BCUT2D eigenvalue weighted by Crippen LogP contribution is 2.53. The molecule has 0 aromatic heterocycles. The van der Waals surface area contributed by atoms with Crippen LogP contribution in [0.1, 0.15) is 37.5 Å². The van der Waals surface area contributed by atoms with Crippen molar-refractivity contribution in [3.05, 3.63) is 47.0 Å². The quantitative estimate of drug-likeness (QED) is 0.292. The van der Waals surface area contributed by atoms with Gasteiger partial charge in [-0.05, 0) is 32.4 Å². The van der Waals surface area contributed by atoms with E-state index in [0.717, 1.165) is 0 Å². The maximum Gasteiger partial charge on any atom is 0.374 e. The molecule has 5 heterocycles.